The van der Waals surface area contributed by atoms with Crippen LogP contribution in [0.15, 0.2) is 30.3 Å². The molecular weight excluding hydrogens is 268 g/mol. The van der Waals surface area contributed by atoms with Crippen LogP contribution in [0.3, 0.4) is 0 Å². The van der Waals surface area contributed by atoms with Crippen LogP contribution in [0, 0.1) is 0 Å². The molecule has 0 spiro atoms. The molecule has 1 saturated heterocycles. The van der Waals surface area contributed by atoms with Gasteiger partial charge in [0.05, 0.1) is 19.3 Å². The van der Waals surface area contributed by atoms with Crippen LogP contribution < -0.4 is 4.90 Å². The third-order valence-electron chi connectivity index (χ3n) is 3.48. The van der Waals surface area contributed by atoms with E-state index in [0.29, 0.717) is 19.7 Å². The summed E-state index contributed by atoms with van der Waals surface area (Å²) < 4.78 is 5.33. The Balaban J connectivity index is 1.95. The zero-order chi connectivity index (χ0) is 15.2. The number of ether oxygens (including phenoxy) is 1. The number of aliphatic hydroxyl groups excluding tert-OH is 1. The minimum atomic E-state index is -0.268. The predicted octanol–water partition coefficient (Wildman–Crippen LogP) is 0.985. The molecule has 114 valence electrons. The molecule has 5 nitrogen and oxygen atoms in total. The van der Waals surface area contributed by atoms with E-state index in [2.05, 4.69) is 0 Å². The van der Waals surface area contributed by atoms with Crippen molar-refractivity contribution in [2.24, 2.45) is 0 Å². The van der Waals surface area contributed by atoms with Gasteiger partial charge in [-0.05, 0) is 23.8 Å². The number of morpholine rings is 1. The summed E-state index contributed by atoms with van der Waals surface area (Å²) >= 11 is 0. The zero-order valence-electron chi connectivity index (χ0n) is 12.5. The third kappa shape index (κ3) is 4.31. The summed E-state index contributed by atoms with van der Waals surface area (Å²) in [6.45, 7) is 1.43. The summed E-state index contributed by atoms with van der Waals surface area (Å²) in [6.07, 6.45) is 3.12. The summed E-state index contributed by atoms with van der Waals surface area (Å²) in [4.78, 5) is 15.8. The molecule has 1 aromatic carbocycles. The third-order valence-corrected chi connectivity index (χ3v) is 3.48. The lowest BCUT2D eigenvalue weighted by atomic mass is 10.2. The molecule has 0 radical (unpaired) electrons. The summed E-state index contributed by atoms with van der Waals surface area (Å²) in [7, 11) is 3.98. The van der Waals surface area contributed by atoms with Gasteiger partial charge in [0, 0.05) is 38.9 Å². The van der Waals surface area contributed by atoms with E-state index in [1.54, 1.807) is 11.0 Å². The van der Waals surface area contributed by atoms with Crippen LogP contribution in [0.2, 0.25) is 0 Å². The van der Waals surface area contributed by atoms with E-state index >= 15 is 0 Å². The number of amides is 1. The molecule has 1 fully saturated rings. The highest BCUT2D eigenvalue weighted by atomic mass is 16.5. The van der Waals surface area contributed by atoms with E-state index in [9.17, 15) is 4.79 Å². The van der Waals surface area contributed by atoms with Gasteiger partial charge in [0.15, 0.2) is 0 Å². The first-order valence-electron chi connectivity index (χ1n) is 7.07. The van der Waals surface area contributed by atoms with Gasteiger partial charge in [0.1, 0.15) is 0 Å². The Bertz CT molecular complexity index is 497. The number of benzene rings is 1. The lowest BCUT2D eigenvalue weighted by Gasteiger charge is -2.31. The monoisotopic (exact) mass is 290 g/mol. The van der Waals surface area contributed by atoms with Crippen molar-refractivity contribution in [3.63, 3.8) is 0 Å². The van der Waals surface area contributed by atoms with Gasteiger partial charge in [-0.15, -0.1) is 0 Å². The Morgan fingerprint density at radius 3 is 2.76 bits per heavy atom. The number of hydrogen-bond acceptors (Lipinski definition) is 4. The smallest absolute Gasteiger partial charge is 0.246 e. The summed E-state index contributed by atoms with van der Waals surface area (Å²) in [5, 5.41) is 9.08. The number of aliphatic hydroxyl groups is 1. The molecule has 1 atom stereocenters. The van der Waals surface area contributed by atoms with Crippen molar-refractivity contribution in [1.29, 1.82) is 0 Å². The minimum Gasteiger partial charge on any atom is -0.394 e. The van der Waals surface area contributed by atoms with Gasteiger partial charge in [-0.25, -0.2) is 0 Å². The SMILES string of the molecule is CN(C)c1ccc(/C=C/C(=O)N2CCOC(CO)C2)cc1. The van der Waals surface area contributed by atoms with Crippen LogP contribution in [-0.4, -0.2) is 62.4 Å². The van der Waals surface area contributed by atoms with Crippen molar-refractivity contribution in [2.45, 2.75) is 6.10 Å². The van der Waals surface area contributed by atoms with Crippen LogP contribution in [0.4, 0.5) is 5.69 Å². The van der Waals surface area contributed by atoms with Crippen LogP contribution in [0.5, 0.6) is 0 Å². The Hall–Kier alpha value is -1.85. The Morgan fingerprint density at radius 2 is 2.14 bits per heavy atom. The maximum Gasteiger partial charge on any atom is 0.246 e. The van der Waals surface area contributed by atoms with Crippen molar-refractivity contribution in [2.75, 3.05) is 45.3 Å². The molecule has 1 heterocycles. The quantitative estimate of drug-likeness (QED) is 0.840. The van der Waals surface area contributed by atoms with E-state index in [4.69, 9.17) is 9.84 Å². The molecule has 1 N–H and O–H groups in total. The molecule has 0 aliphatic carbocycles. The van der Waals surface area contributed by atoms with Gasteiger partial charge in [0.25, 0.3) is 0 Å². The maximum absolute atomic E-state index is 12.1. The van der Waals surface area contributed by atoms with Gasteiger partial charge in [-0.3, -0.25) is 4.79 Å². The molecule has 1 aliphatic heterocycles. The first kappa shape index (κ1) is 15.5. The Labute approximate surface area is 125 Å². The highest BCUT2D eigenvalue weighted by Crippen LogP contribution is 2.13. The van der Waals surface area contributed by atoms with Crippen molar-refractivity contribution < 1.29 is 14.6 Å². The van der Waals surface area contributed by atoms with Gasteiger partial charge < -0.3 is 19.6 Å². The van der Waals surface area contributed by atoms with Crippen LogP contribution in [0.1, 0.15) is 5.56 Å². The van der Waals surface area contributed by atoms with Crippen LogP contribution >= 0.6 is 0 Å². The normalized spacial score (nSPS) is 19.0. The number of rotatable bonds is 4. The van der Waals surface area contributed by atoms with Crippen LogP contribution in [0.25, 0.3) is 6.08 Å². The second-order valence-corrected chi connectivity index (χ2v) is 5.28. The highest BCUT2D eigenvalue weighted by molar-refractivity contribution is 5.91. The molecule has 1 aliphatic rings. The van der Waals surface area contributed by atoms with E-state index in [1.807, 2.05) is 49.3 Å². The second kappa shape index (κ2) is 7.24. The number of nitrogens with zero attached hydrogens (tertiary/aromatic N) is 2. The predicted molar refractivity (Wildman–Crippen MR) is 83.2 cm³/mol. The van der Waals surface area contributed by atoms with Gasteiger partial charge >= 0.3 is 0 Å². The average molecular weight is 290 g/mol. The Kier molecular flexibility index (Phi) is 5.36. The van der Waals surface area contributed by atoms with Gasteiger partial charge in [-0.2, -0.15) is 0 Å². The second-order valence-electron chi connectivity index (χ2n) is 5.28. The topological polar surface area (TPSA) is 53.0 Å². The number of carbonyl (C=O) groups excluding carboxylic acids is 1. The molecule has 0 aromatic heterocycles. The fourth-order valence-corrected chi connectivity index (χ4v) is 2.19. The number of anilines is 1. The van der Waals surface area contributed by atoms with E-state index in [1.165, 1.54) is 0 Å². The first-order chi connectivity index (χ1) is 10.1. The molecule has 0 saturated carbocycles. The van der Waals surface area contributed by atoms with E-state index in [0.717, 1.165) is 11.3 Å². The standard InChI is InChI=1S/C16H22N2O3/c1-17(2)14-6-3-13(4-7-14)5-8-16(20)18-9-10-21-15(11-18)12-19/h3-8,15,19H,9-12H2,1-2H3/b8-5+. The lowest BCUT2D eigenvalue weighted by Crippen LogP contribution is -2.46. The fourth-order valence-electron chi connectivity index (χ4n) is 2.19. The molecule has 1 aromatic rings. The molecular formula is C16H22N2O3. The van der Waals surface area contributed by atoms with E-state index < -0.39 is 0 Å². The average Bonchev–Trinajstić information content (AvgIpc) is 2.53. The molecule has 5 heteroatoms. The Morgan fingerprint density at radius 1 is 1.43 bits per heavy atom. The number of hydrogen-bond donors (Lipinski definition) is 1. The van der Waals surface area contributed by atoms with Crippen molar-refractivity contribution in [3.8, 4) is 0 Å². The number of carbonyl (C=O) groups is 1. The van der Waals surface area contributed by atoms with Crippen molar-refractivity contribution in [3.05, 3.63) is 35.9 Å². The molecule has 0 bridgehead atoms. The van der Waals surface area contributed by atoms with Crippen molar-refractivity contribution in [1.82, 2.24) is 4.90 Å². The van der Waals surface area contributed by atoms with Gasteiger partial charge in [0.2, 0.25) is 5.91 Å². The maximum atomic E-state index is 12.1. The van der Waals surface area contributed by atoms with Crippen molar-refractivity contribution >= 4 is 17.7 Å². The molecule has 1 unspecified atom stereocenters. The summed E-state index contributed by atoms with van der Waals surface area (Å²) in [6, 6.07) is 7.99. The minimum absolute atomic E-state index is 0.0477. The van der Waals surface area contributed by atoms with Gasteiger partial charge in [-0.1, -0.05) is 12.1 Å². The fraction of sp³-hybridized carbons (Fsp3) is 0.438. The van der Waals surface area contributed by atoms with Crippen LogP contribution in [-0.2, 0) is 9.53 Å². The summed E-state index contributed by atoms with van der Waals surface area (Å²) in [5.41, 5.74) is 2.11. The molecule has 1 amide bonds. The van der Waals surface area contributed by atoms with E-state index in [-0.39, 0.29) is 18.6 Å². The highest BCUT2D eigenvalue weighted by Gasteiger charge is 2.21. The lowest BCUT2D eigenvalue weighted by molar-refractivity contribution is -0.134. The first-order valence-corrected chi connectivity index (χ1v) is 7.07. The molecule has 21 heavy (non-hydrogen) atoms. The zero-order valence-corrected chi connectivity index (χ0v) is 12.5. The largest absolute Gasteiger partial charge is 0.394 e. The molecule has 2 rings (SSSR count). The summed E-state index contributed by atoms with van der Waals surface area (Å²) in [5.74, 6) is -0.0477.